The molecule has 2 aromatic heterocycles. The molecule has 1 aliphatic rings. The first-order chi connectivity index (χ1) is 11.2. The van der Waals surface area contributed by atoms with Gasteiger partial charge in [-0.3, -0.25) is 9.59 Å². The minimum atomic E-state index is -0.228. The van der Waals surface area contributed by atoms with Crippen molar-refractivity contribution in [2.24, 2.45) is 0 Å². The number of rotatable bonds is 5. The Bertz CT molecular complexity index is 702. The zero-order valence-corrected chi connectivity index (χ0v) is 13.3. The third kappa shape index (κ3) is 3.47. The number of fused-ring (bicyclic) bond motifs is 1. The van der Waals surface area contributed by atoms with Crippen LogP contribution in [0.1, 0.15) is 24.2 Å². The van der Waals surface area contributed by atoms with E-state index in [9.17, 15) is 9.59 Å². The molecule has 0 bridgehead atoms. The van der Waals surface area contributed by atoms with E-state index in [2.05, 4.69) is 15.4 Å². The molecule has 0 aromatic carbocycles. The highest BCUT2D eigenvalue weighted by molar-refractivity contribution is 5.76. The summed E-state index contributed by atoms with van der Waals surface area (Å²) in [6, 6.07) is 8.01. The van der Waals surface area contributed by atoms with E-state index in [0.717, 1.165) is 17.9 Å². The fourth-order valence-corrected chi connectivity index (χ4v) is 2.93. The molecule has 1 aliphatic heterocycles. The molecule has 1 amide bonds. The molecule has 0 atom stereocenters. The predicted molar refractivity (Wildman–Crippen MR) is 84.4 cm³/mol. The molecular formula is C17H21N3O3. The van der Waals surface area contributed by atoms with Crippen LogP contribution in [0.25, 0.3) is 0 Å². The van der Waals surface area contributed by atoms with Gasteiger partial charge >= 0.3 is 5.97 Å². The van der Waals surface area contributed by atoms with Crippen LogP contribution in [0.15, 0.2) is 36.7 Å². The summed E-state index contributed by atoms with van der Waals surface area (Å²) in [5.41, 5.74) is 2.19. The highest BCUT2D eigenvalue weighted by atomic mass is 16.5. The number of amides is 1. The van der Waals surface area contributed by atoms with Crippen LogP contribution in [-0.4, -0.2) is 33.0 Å². The van der Waals surface area contributed by atoms with Gasteiger partial charge in [-0.15, -0.1) is 0 Å². The molecule has 0 spiro atoms. The zero-order valence-electron chi connectivity index (χ0n) is 13.3. The normalized spacial score (nSPS) is 14.5. The third-order valence-electron chi connectivity index (χ3n) is 4.26. The summed E-state index contributed by atoms with van der Waals surface area (Å²) in [5.74, 6) is -0.0669. The van der Waals surface area contributed by atoms with Crippen LogP contribution in [0.4, 0.5) is 0 Å². The minimum absolute atomic E-state index is 0.161. The molecule has 0 saturated carbocycles. The molecule has 0 fully saturated rings. The SMILES string of the molecule is COC(=O)CCn1cccc1CN1Cc2cccn2CCC1=O. The van der Waals surface area contributed by atoms with Crippen LogP contribution in [0.3, 0.4) is 0 Å². The Balaban J connectivity index is 1.70. The van der Waals surface area contributed by atoms with Gasteiger partial charge in [0.2, 0.25) is 5.91 Å². The van der Waals surface area contributed by atoms with Crippen LogP contribution in [0, 0.1) is 0 Å². The average Bonchev–Trinajstić information content (AvgIpc) is 3.16. The Kier molecular flexibility index (Phi) is 4.50. The van der Waals surface area contributed by atoms with Crippen LogP contribution in [0.5, 0.6) is 0 Å². The molecule has 0 unspecified atom stereocenters. The molecule has 23 heavy (non-hydrogen) atoms. The molecule has 0 N–H and O–H groups in total. The number of ether oxygens (including phenoxy) is 1. The highest BCUT2D eigenvalue weighted by Crippen LogP contribution is 2.17. The lowest BCUT2D eigenvalue weighted by Crippen LogP contribution is -2.29. The number of aromatic nitrogens is 2. The average molecular weight is 315 g/mol. The first-order valence-corrected chi connectivity index (χ1v) is 7.80. The van der Waals surface area contributed by atoms with Crippen molar-refractivity contribution in [2.45, 2.75) is 39.0 Å². The summed E-state index contributed by atoms with van der Waals surface area (Å²) in [6.07, 6.45) is 4.80. The summed E-state index contributed by atoms with van der Waals surface area (Å²) >= 11 is 0. The largest absolute Gasteiger partial charge is 0.469 e. The molecule has 0 saturated heterocycles. The smallest absolute Gasteiger partial charge is 0.307 e. The third-order valence-corrected chi connectivity index (χ3v) is 4.26. The highest BCUT2D eigenvalue weighted by Gasteiger charge is 2.21. The van der Waals surface area contributed by atoms with Gasteiger partial charge in [0.05, 0.1) is 26.6 Å². The van der Waals surface area contributed by atoms with Crippen molar-refractivity contribution in [1.82, 2.24) is 14.0 Å². The van der Waals surface area contributed by atoms with E-state index in [1.54, 1.807) is 0 Å². The van der Waals surface area contributed by atoms with Crippen molar-refractivity contribution in [1.29, 1.82) is 0 Å². The summed E-state index contributed by atoms with van der Waals surface area (Å²) in [5, 5.41) is 0. The Labute approximate surface area is 135 Å². The lowest BCUT2D eigenvalue weighted by Gasteiger charge is -2.21. The summed E-state index contributed by atoms with van der Waals surface area (Å²) < 4.78 is 8.82. The van der Waals surface area contributed by atoms with Crippen molar-refractivity contribution in [3.63, 3.8) is 0 Å². The monoisotopic (exact) mass is 315 g/mol. The van der Waals surface area contributed by atoms with Gasteiger partial charge in [0.25, 0.3) is 0 Å². The minimum Gasteiger partial charge on any atom is -0.469 e. The Morgan fingerprint density at radius 3 is 2.91 bits per heavy atom. The Hall–Kier alpha value is -2.50. The molecule has 6 heteroatoms. The first-order valence-electron chi connectivity index (χ1n) is 7.80. The topological polar surface area (TPSA) is 56.5 Å². The molecule has 122 valence electrons. The maximum atomic E-state index is 12.4. The van der Waals surface area contributed by atoms with Gasteiger partial charge < -0.3 is 18.8 Å². The summed E-state index contributed by atoms with van der Waals surface area (Å²) in [4.78, 5) is 25.5. The number of hydrogen-bond donors (Lipinski definition) is 0. The Morgan fingerprint density at radius 2 is 2.09 bits per heavy atom. The fourth-order valence-electron chi connectivity index (χ4n) is 2.93. The first kappa shape index (κ1) is 15.4. The number of hydrogen-bond acceptors (Lipinski definition) is 3. The van der Waals surface area contributed by atoms with E-state index >= 15 is 0 Å². The van der Waals surface area contributed by atoms with E-state index in [1.165, 1.54) is 7.11 Å². The van der Waals surface area contributed by atoms with Gasteiger partial charge in [-0.1, -0.05) is 0 Å². The van der Waals surface area contributed by atoms with Crippen LogP contribution in [0.2, 0.25) is 0 Å². The van der Waals surface area contributed by atoms with Crippen molar-refractivity contribution in [3.05, 3.63) is 48.0 Å². The molecular weight excluding hydrogens is 294 g/mol. The van der Waals surface area contributed by atoms with Gasteiger partial charge in [0.15, 0.2) is 0 Å². The van der Waals surface area contributed by atoms with Crippen LogP contribution >= 0.6 is 0 Å². The predicted octanol–water partition coefficient (Wildman–Crippen LogP) is 1.79. The molecule has 2 aromatic rings. The lowest BCUT2D eigenvalue weighted by atomic mass is 10.3. The standard InChI is InChI=1S/C17H21N3O3/c1-23-17(22)7-11-19-9-3-5-15(19)13-20-12-14-4-2-8-18(14)10-6-16(20)21/h2-5,8-9H,6-7,10-13H2,1H3. The van der Waals surface area contributed by atoms with E-state index in [0.29, 0.717) is 32.5 Å². The maximum Gasteiger partial charge on any atom is 0.307 e. The van der Waals surface area contributed by atoms with E-state index in [4.69, 9.17) is 0 Å². The molecule has 0 aliphatic carbocycles. The second-order valence-corrected chi connectivity index (χ2v) is 5.71. The second kappa shape index (κ2) is 6.73. The number of carbonyl (C=O) groups excluding carboxylic acids is 2. The van der Waals surface area contributed by atoms with Gasteiger partial charge in [0, 0.05) is 43.3 Å². The van der Waals surface area contributed by atoms with E-state index < -0.39 is 0 Å². The van der Waals surface area contributed by atoms with Crippen molar-refractivity contribution in [3.8, 4) is 0 Å². The van der Waals surface area contributed by atoms with Gasteiger partial charge in [0.1, 0.15) is 0 Å². The Morgan fingerprint density at radius 1 is 1.26 bits per heavy atom. The lowest BCUT2D eigenvalue weighted by molar-refractivity contribution is -0.141. The second-order valence-electron chi connectivity index (χ2n) is 5.71. The van der Waals surface area contributed by atoms with Gasteiger partial charge in [-0.2, -0.15) is 0 Å². The van der Waals surface area contributed by atoms with E-state index in [-0.39, 0.29) is 11.9 Å². The van der Waals surface area contributed by atoms with Crippen molar-refractivity contribution in [2.75, 3.05) is 7.11 Å². The fraction of sp³-hybridized carbons (Fsp3) is 0.412. The number of methoxy groups -OCH3 is 1. The van der Waals surface area contributed by atoms with E-state index in [1.807, 2.05) is 40.1 Å². The number of carbonyl (C=O) groups is 2. The quantitative estimate of drug-likeness (QED) is 0.790. The summed E-state index contributed by atoms with van der Waals surface area (Å²) in [6.45, 7) is 2.47. The zero-order chi connectivity index (χ0) is 16.2. The van der Waals surface area contributed by atoms with Crippen molar-refractivity contribution < 1.29 is 14.3 Å². The number of nitrogens with zero attached hydrogens (tertiary/aromatic N) is 3. The molecule has 0 radical (unpaired) electrons. The molecule has 6 nitrogen and oxygen atoms in total. The molecule has 3 heterocycles. The van der Waals surface area contributed by atoms with Gasteiger partial charge in [-0.25, -0.2) is 0 Å². The number of esters is 1. The van der Waals surface area contributed by atoms with Gasteiger partial charge in [-0.05, 0) is 24.3 Å². The maximum absolute atomic E-state index is 12.4. The summed E-state index contributed by atoms with van der Waals surface area (Å²) in [7, 11) is 1.39. The van der Waals surface area contributed by atoms with Crippen molar-refractivity contribution >= 4 is 11.9 Å². The molecule has 3 rings (SSSR count). The van der Waals surface area contributed by atoms with Crippen LogP contribution < -0.4 is 0 Å². The number of aryl methyl sites for hydroxylation is 2. The van der Waals surface area contributed by atoms with Crippen LogP contribution in [-0.2, 0) is 40.5 Å².